The smallest absolute Gasteiger partial charge is 0.317 e. The standard InChI is InChI=1S/C15H22N2O3S/c1-9(2)13(12-5-4-6-21-12)16-15(20)17-7-10(3)11(8-17)14(18)19/h4-6,9-11,13H,7-8H2,1-3H3,(H,16,20)(H,18,19). The number of hydrogen-bond acceptors (Lipinski definition) is 3. The summed E-state index contributed by atoms with van der Waals surface area (Å²) in [5.74, 6) is -1.01. The molecular weight excluding hydrogens is 288 g/mol. The molecule has 2 heterocycles. The van der Waals surface area contributed by atoms with Gasteiger partial charge >= 0.3 is 12.0 Å². The zero-order valence-electron chi connectivity index (χ0n) is 12.6. The highest BCUT2D eigenvalue weighted by atomic mass is 32.1. The molecule has 2 N–H and O–H groups in total. The first-order chi connectivity index (χ1) is 9.90. The van der Waals surface area contributed by atoms with Gasteiger partial charge < -0.3 is 15.3 Å². The number of carbonyl (C=O) groups excluding carboxylic acids is 1. The maximum absolute atomic E-state index is 12.4. The molecule has 3 unspecified atom stereocenters. The highest BCUT2D eigenvalue weighted by molar-refractivity contribution is 7.10. The fourth-order valence-corrected chi connectivity index (χ4v) is 3.66. The SMILES string of the molecule is CC(C)C(NC(=O)N1CC(C)C(C(=O)O)C1)c1cccs1. The van der Waals surface area contributed by atoms with E-state index in [-0.39, 0.29) is 30.5 Å². The molecule has 1 aromatic heterocycles. The molecule has 0 aromatic carbocycles. The van der Waals surface area contributed by atoms with Crippen LogP contribution in [0.4, 0.5) is 4.79 Å². The first kappa shape index (κ1) is 15.8. The van der Waals surface area contributed by atoms with Gasteiger partial charge in [0.1, 0.15) is 0 Å². The van der Waals surface area contributed by atoms with E-state index in [4.69, 9.17) is 5.11 Å². The Morgan fingerprint density at radius 3 is 2.62 bits per heavy atom. The van der Waals surface area contributed by atoms with E-state index >= 15 is 0 Å². The summed E-state index contributed by atoms with van der Waals surface area (Å²) in [7, 11) is 0. The van der Waals surface area contributed by atoms with Crippen LogP contribution in [0.2, 0.25) is 0 Å². The second-order valence-electron chi connectivity index (χ2n) is 6.01. The Hall–Kier alpha value is -1.56. The van der Waals surface area contributed by atoms with Crippen LogP contribution in [0.15, 0.2) is 17.5 Å². The van der Waals surface area contributed by atoms with Crippen molar-refractivity contribution in [3.05, 3.63) is 22.4 Å². The van der Waals surface area contributed by atoms with Gasteiger partial charge in [0, 0.05) is 18.0 Å². The van der Waals surface area contributed by atoms with Gasteiger partial charge in [-0.3, -0.25) is 4.79 Å². The molecule has 0 bridgehead atoms. The molecule has 0 aliphatic carbocycles. The molecule has 0 radical (unpaired) electrons. The predicted octanol–water partition coefficient (Wildman–Crippen LogP) is 2.81. The number of thiophene rings is 1. The molecule has 2 rings (SSSR count). The van der Waals surface area contributed by atoms with E-state index < -0.39 is 11.9 Å². The van der Waals surface area contributed by atoms with Gasteiger partial charge in [0.25, 0.3) is 0 Å². The number of aliphatic carboxylic acids is 1. The number of hydrogen-bond donors (Lipinski definition) is 2. The third kappa shape index (κ3) is 3.56. The minimum Gasteiger partial charge on any atom is -0.481 e. The van der Waals surface area contributed by atoms with Gasteiger partial charge in [-0.2, -0.15) is 0 Å². The maximum atomic E-state index is 12.4. The molecule has 1 aliphatic rings. The van der Waals surface area contributed by atoms with Crippen molar-refractivity contribution >= 4 is 23.3 Å². The molecule has 1 aliphatic heterocycles. The van der Waals surface area contributed by atoms with E-state index in [0.717, 1.165) is 4.88 Å². The number of rotatable bonds is 4. The second kappa shape index (κ2) is 6.47. The van der Waals surface area contributed by atoms with E-state index in [1.807, 2.05) is 24.4 Å². The van der Waals surface area contributed by atoms with Crippen molar-refractivity contribution in [2.45, 2.75) is 26.8 Å². The Labute approximate surface area is 129 Å². The number of carbonyl (C=O) groups is 2. The van der Waals surface area contributed by atoms with Gasteiger partial charge in [-0.1, -0.05) is 26.8 Å². The average molecular weight is 310 g/mol. The topological polar surface area (TPSA) is 69.6 Å². The number of nitrogens with one attached hydrogen (secondary N) is 1. The summed E-state index contributed by atoms with van der Waals surface area (Å²) in [5, 5.41) is 14.2. The summed E-state index contributed by atoms with van der Waals surface area (Å²) in [4.78, 5) is 26.3. The zero-order chi connectivity index (χ0) is 15.6. The van der Waals surface area contributed by atoms with Crippen molar-refractivity contribution in [2.75, 3.05) is 13.1 Å². The van der Waals surface area contributed by atoms with Crippen molar-refractivity contribution in [3.8, 4) is 0 Å². The fraction of sp³-hybridized carbons (Fsp3) is 0.600. The van der Waals surface area contributed by atoms with Crippen LogP contribution >= 0.6 is 11.3 Å². The quantitative estimate of drug-likeness (QED) is 0.898. The van der Waals surface area contributed by atoms with Crippen LogP contribution in [0.3, 0.4) is 0 Å². The second-order valence-corrected chi connectivity index (χ2v) is 6.99. The van der Waals surface area contributed by atoms with Crippen LogP contribution in [0.1, 0.15) is 31.7 Å². The summed E-state index contributed by atoms with van der Waals surface area (Å²) in [6.45, 7) is 6.80. The normalized spacial score (nSPS) is 23.3. The Bertz CT molecular complexity index is 501. The fourth-order valence-electron chi connectivity index (χ4n) is 2.71. The average Bonchev–Trinajstić information content (AvgIpc) is 3.04. The van der Waals surface area contributed by atoms with E-state index in [2.05, 4.69) is 19.2 Å². The number of likely N-dealkylation sites (tertiary alicyclic amines) is 1. The molecule has 3 atom stereocenters. The van der Waals surface area contributed by atoms with Crippen molar-refractivity contribution in [1.82, 2.24) is 10.2 Å². The zero-order valence-corrected chi connectivity index (χ0v) is 13.4. The molecule has 21 heavy (non-hydrogen) atoms. The van der Waals surface area contributed by atoms with Crippen LogP contribution in [0.25, 0.3) is 0 Å². The lowest BCUT2D eigenvalue weighted by Crippen LogP contribution is -2.42. The number of amides is 2. The van der Waals surface area contributed by atoms with Gasteiger partial charge in [0.2, 0.25) is 0 Å². The van der Waals surface area contributed by atoms with Crippen molar-refractivity contribution in [1.29, 1.82) is 0 Å². The lowest BCUT2D eigenvalue weighted by Gasteiger charge is -2.25. The van der Waals surface area contributed by atoms with Crippen LogP contribution in [0, 0.1) is 17.8 Å². The van der Waals surface area contributed by atoms with Crippen LogP contribution in [0.5, 0.6) is 0 Å². The van der Waals surface area contributed by atoms with Crippen molar-refractivity contribution in [2.24, 2.45) is 17.8 Å². The highest BCUT2D eigenvalue weighted by Crippen LogP contribution is 2.28. The van der Waals surface area contributed by atoms with E-state index in [9.17, 15) is 9.59 Å². The van der Waals surface area contributed by atoms with Gasteiger partial charge in [0.15, 0.2) is 0 Å². The van der Waals surface area contributed by atoms with E-state index in [0.29, 0.717) is 6.54 Å². The number of carboxylic acid groups (broad SMARTS) is 1. The maximum Gasteiger partial charge on any atom is 0.317 e. The van der Waals surface area contributed by atoms with Gasteiger partial charge in [-0.05, 0) is 23.3 Å². The molecule has 0 saturated carbocycles. The highest BCUT2D eigenvalue weighted by Gasteiger charge is 2.37. The summed E-state index contributed by atoms with van der Waals surface area (Å²) in [6, 6.07) is 3.79. The van der Waals surface area contributed by atoms with Gasteiger partial charge in [-0.15, -0.1) is 11.3 Å². The third-order valence-electron chi connectivity index (χ3n) is 4.01. The van der Waals surface area contributed by atoms with Crippen molar-refractivity contribution < 1.29 is 14.7 Å². The summed E-state index contributed by atoms with van der Waals surface area (Å²) >= 11 is 1.62. The molecule has 116 valence electrons. The Kier molecular flexibility index (Phi) is 4.88. The van der Waals surface area contributed by atoms with Crippen molar-refractivity contribution in [3.63, 3.8) is 0 Å². The molecule has 1 aromatic rings. The Morgan fingerprint density at radius 1 is 1.43 bits per heavy atom. The molecule has 0 spiro atoms. The number of urea groups is 1. The summed E-state index contributed by atoms with van der Waals surface area (Å²) in [6.07, 6.45) is 0. The number of nitrogens with zero attached hydrogens (tertiary/aromatic N) is 1. The molecule has 1 fully saturated rings. The largest absolute Gasteiger partial charge is 0.481 e. The van der Waals surface area contributed by atoms with Crippen LogP contribution in [-0.4, -0.2) is 35.1 Å². The Balaban J connectivity index is 2.02. The predicted molar refractivity (Wildman–Crippen MR) is 82.3 cm³/mol. The third-order valence-corrected chi connectivity index (χ3v) is 4.97. The Morgan fingerprint density at radius 2 is 2.14 bits per heavy atom. The van der Waals surface area contributed by atoms with E-state index in [1.54, 1.807) is 16.2 Å². The minimum absolute atomic E-state index is 0.00696. The number of carboxylic acids is 1. The van der Waals surface area contributed by atoms with Gasteiger partial charge in [-0.25, -0.2) is 4.79 Å². The van der Waals surface area contributed by atoms with Crippen LogP contribution in [-0.2, 0) is 4.79 Å². The monoisotopic (exact) mass is 310 g/mol. The first-order valence-electron chi connectivity index (χ1n) is 7.21. The van der Waals surface area contributed by atoms with Gasteiger partial charge in [0.05, 0.1) is 12.0 Å². The van der Waals surface area contributed by atoms with E-state index in [1.165, 1.54) is 0 Å². The lowest BCUT2D eigenvalue weighted by molar-refractivity contribution is -0.142. The lowest BCUT2D eigenvalue weighted by atomic mass is 9.99. The summed E-state index contributed by atoms with van der Waals surface area (Å²) in [5.41, 5.74) is 0. The molecule has 5 nitrogen and oxygen atoms in total. The molecule has 1 saturated heterocycles. The first-order valence-corrected chi connectivity index (χ1v) is 8.09. The molecule has 6 heteroatoms. The molecular formula is C15H22N2O3S. The minimum atomic E-state index is -0.823. The summed E-state index contributed by atoms with van der Waals surface area (Å²) < 4.78 is 0. The molecule has 2 amide bonds. The van der Waals surface area contributed by atoms with Crippen LogP contribution < -0.4 is 5.32 Å².